The highest BCUT2D eigenvalue weighted by atomic mass is 19.4. The summed E-state index contributed by atoms with van der Waals surface area (Å²) in [5, 5.41) is 2.92. The van der Waals surface area contributed by atoms with Crippen molar-refractivity contribution in [3.05, 3.63) is 70.6 Å². The molecule has 0 bridgehead atoms. The Balaban J connectivity index is 1.72. The van der Waals surface area contributed by atoms with Gasteiger partial charge in [-0.2, -0.15) is 13.2 Å². The smallest absolute Gasteiger partial charge is 0.416 e. The first-order chi connectivity index (χ1) is 14.1. The molecule has 3 rings (SSSR count). The van der Waals surface area contributed by atoms with E-state index in [-0.39, 0.29) is 23.5 Å². The van der Waals surface area contributed by atoms with E-state index < -0.39 is 41.2 Å². The van der Waals surface area contributed by atoms with Gasteiger partial charge in [-0.3, -0.25) is 0 Å². The van der Waals surface area contributed by atoms with Gasteiger partial charge in [0.2, 0.25) is 0 Å². The van der Waals surface area contributed by atoms with Crippen molar-refractivity contribution in [2.75, 3.05) is 19.0 Å². The van der Waals surface area contributed by atoms with Crippen LogP contribution in [0.2, 0.25) is 0 Å². The number of halogens is 6. The Hall–Kier alpha value is -2.68. The Bertz CT molecular complexity index is 957. The molecule has 2 aromatic rings. The van der Waals surface area contributed by atoms with Crippen molar-refractivity contribution in [3.63, 3.8) is 0 Å². The Morgan fingerprint density at radius 3 is 2.37 bits per heavy atom. The number of ether oxygens (including phenoxy) is 1. The van der Waals surface area contributed by atoms with E-state index >= 15 is 0 Å². The van der Waals surface area contributed by atoms with Crippen molar-refractivity contribution < 1.29 is 31.1 Å². The lowest BCUT2D eigenvalue weighted by atomic mass is 9.80. The highest BCUT2D eigenvalue weighted by molar-refractivity contribution is 5.53. The summed E-state index contributed by atoms with van der Waals surface area (Å²) in [7, 11) is 1.28. The molecule has 162 valence electrons. The zero-order valence-electron chi connectivity index (χ0n) is 16.0. The van der Waals surface area contributed by atoms with E-state index in [1.54, 1.807) is 6.08 Å². The van der Waals surface area contributed by atoms with Crippen LogP contribution in [0.3, 0.4) is 0 Å². The molecule has 1 aliphatic carbocycles. The molecule has 0 fully saturated rings. The van der Waals surface area contributed by atoms with Gasteiger partial charge >= 0.3 is 6.18 Å². The molecule has 0 spiro atoms. The van der Waals surface area contributed by atoms with Crippen LogP contribution in [0.25, 0.3) is 0 Å². The van der Waals surface area contributed by atoms with Crippen LogP contribution < -0.4 is 15.8 Å². The zero-order chi connectivity index (χ0) is 22.1. The lowest BCUT2D eigenvalue weighted by molar-refractivity contribution is -0.137. The molecule has 0 aliphatic heterocycles. The molecule has 0 radical (unpaired) electrons. The van der Waals surface area contributed by atoms with Crippen LogP contribution in [-0.4, -0.2) is 19.7 Å². The molecular formula is C21H20F6N2O. The van der Waals surface area contributed by atoms with Gasteiger partial charge in [0.05, 0.1) is 12.7 Å². The summed E-state index contributed by atoms with van der Waals surface area (Å²) in [6, 6.07) is 4.09. The third kappa shape index (κ3) is 4.89. The minimum absolute atomic E-state index is 0.00674. The van der Waals surface area contributed by atoms with Gasteiger partial charge < -0.3 is 15.8 Å². The molecule has 0 heterocycles. The lowest BCUT2D eigenvalue weighted by Crippen LogP contribution is -2.33. The number of hydrogen-bond donors (Lipinski definition) is 2. The summed E-state index contributed by atoms with van der Waals surface area (Å²) in [6.07, 6.45) is -2.11. The largest absolute Gasteiger partial charge is 0.497 e. The quantitative estimate of drug-likeness (QED) is 0.381. The average Bonchev–Trinajstić information content (AvgIpc) is 2.68. The maximum atomic E-state index is 14.1. The van der Waals surface area contributed by atoms with Crippen LogP contribution in [0.5, 0.6) is 5.75 Å². The number of anilines is 1. The zero-order valence-corrected chi connectivity index (χ0v) is 16.0. The Kier molecular flexibility index (Phi) is 6.30. The molecule has 3 N–H and O–H groups in total. The van der Waals surface area contributed by atoms with Gasteiger partial charge in [0, 0.05) is 36.3 Å². The van der Waals surface area contributed by atoms with E-state index in [2.05, 4.69) is 5.32 Å². The molecule has 0 amide bonds. The third-order valence-corrected chi connectivity index (χ3v) is 5.10. The van der Waals surface area contributed by atoms with E-state index in [0.29, 0.717) is 18.9 Å². The number of alkyl halides is 3. The minimum Gasteiger partial charge on any atom is -0.497 e. The summed E-state index contributed by atoms with van der Waals surface area (Å²) < 4.78 is 84.7. The molecule has 2 aromatic carbocycles. The molecule has 3 nitrogen and oxygen atoms in total. The number of nitrogens with two attached hydrogens (primary N) is 1. The van der Waals surface area contributed by atoms with Gasteiger partial charge in [-0.1, -0.05) is 11.6 Å². The highest BCUT2D eigenvalue weighted by Crippen LogP contribution is 2.36. The molecule has 2 atom stereocenters. The number of allylic oxidation sites excluding steroid dienone is 1. The van der Waals surface area contributed by atoms with Gasteiger partial charge in [-0.05, 0) is 36.6 Å². The highest BCUT2D eigenvalue weighted by Gasteiger charge is 2.32. The summed E-state index contributed by atoms with van der Waals surface area (Å²) in [5.41, 5.74) is 6.34. The Morgan fingerprint density at radius 2 is 1.73 bits per heavy atom. The Labute approximate surface area is 169 Å². The first-order valence-corrected chi connectivity index (χ1v) is 9.16. The van der Waals surface area contributed by atoms with Crippen molar-refractivity contribution >= 4 is 5.69 Å². The molecule has 0 unspecified atom stereocenters. The van der Waals surface area contributed by atoms with E-state index in [1.165, 1.54) is 13.2 Å². The monoisotopic (exact) mass is 430 g/mol. The van der Waals surface area contributed by atoms with Crippen molar-refractivity contribution in [1.82, 2.24) is 0 Å². The first kappa shape index (κ1) is 22.0. The van der Waals surface area contributed by atoms with E-state index in [1.807, 2.05) is 0 Å². The molecule has 0 saturated heterocycles. The fraction of sp³-hybridized carbons (Fsp3) is 0.333. The summed E-state index contributed by atoms with van der Waals surface area (Å²) >= 11 is 0. The molecule has 30 heavy (non-hydrogen) atoms. The number of rotatable bonds is 5. The summed E-state index contributed by atoms with van der Waals surface area (Å²) in [4.78, 5) is 0. The van der Waals surface area contributed by atoms with Gasteiger partial charge in [-0.15, -0.1) is 0 Å². The van der Waals surface area contributed by atoms with Crippen LogP contribution in [0.4, 0.5) is 32.0 Å². The second-order valence-corrected chi connectivity index (χ2v) is 7.16. The van der Waals surface area contributed by atoms with Gasteiger partial charge in [0.25, 0.3) is 0 Å². The maximum absolute atomic E-state index is 14.1. The average molecular weight is 430 g/mol. The first-order valence-electron chi connectivity index (χ1n) is 9.16. The second kappa shape index (κ2) is 8.59. The van der Waals surface area contributed by atoms with Crippen LogP contribution in [0.1, 0.15) is 29.9 Å². The van der Waals surface area contributed by atoms with Crippen LogP contribution in [0, 0.1) is 17.5 Å². The second-order valence-electron chi connectivity index (χ2n) is 7.16. The van der Waals surface area contributed by atoms with Crippen molar-refractivity contribution in [2.45, 2.75) is 31.0 Å². The predicted molar refractivity (Wildman–Crippen MR) is 101 cm³/mol. The summed E-state index contributed by atoms with van der Waals surface area (Å²) in [6.45, 7) is 0.227. The van der Waals surface area contributed by atoms with E-state index in [0.717, 1.165) is 23.8 Å². The normalized spacial score (nSPS) is 19.4. The van der Waals surface area contributed by atoms with Crippen molar-refractivity contribution in [3.8, 4) is 5.75 Å². The van der Waals surface area contributed by atoms with Crippen LogP contribution in [0.15, 0.2) is 42.0 Å². The minimum atomic E-state index is -4.51. The third-order valence-electron chi connectivity index (χ3n) is 5.10. The van der Waals surface area contributed by atoms with Crippen LogP contribution in [-0.2, 0) is 6.18 Å². The molecule has 9 heteroatoms. The van der Waals surface area contributed by atoms with Gasteiger partial charge in [0.1, 0.15) is 11.6 Å². The Morgan fingerprint density at radius 1 is 1.03 bits per heavy atom. The van der Waals surface area contributed by atoms with Crippen LogP contribution >= 0.6 is 0 Å². The van der Waals surface area contributed by atoms with Crippen molar-refractivity contribution in [1.29, 1.82) is 0 Å². The van der Waals surface area contributed by atoms with Gasteiger partial charge in [0.15, 0.2) is 11.6 Å². The molecule has 0 aromatic heterocycles. The molecule has 0 saturated carbocycles. The van der Waals surface area contributed by atoms with Gasteiger partial charge in [-0.25, -0.2) is 13.2 Å². The number of nitrogens with one attached hydrogen (secondary N) is 1. The summed E-state index contributed by atoms with van der Waals surface area (Å²) in [5.74, 6) is -3.74. The molecular weight excluding hydrogens is 410 g/mol. The fourth-order valence-corrected chi connectivity index (χ4v) is 3.52. The van der Waals surface area contributed by atoms with E-state index in [4.69, 9.17) is 10.5 Å². The predicted octanol–water partition coefficient (Wildman–Crippen LogP) is 5.37. The lowest BCUT2D eigenvalue weighted by Gasteiger charge is -2.29. The van der Waals surface area contributed by atoms with E-state index in [9.17, 15) is 26.3 Å². The topological polar surface area (TPSA) is 47.3 Å². The standard InChI is InChI=1S/C21H20F6N2O/c1-30-14-6-12(21(25,26)27)5-13(7-14)29-10-11-2-3-15(20(28)4-11)16-8-18(23)19(24)9-17(16)22/h2,5-9,15,20,29H,3-4,10,28H2,1H3/t15-,20+/m0/s1. The number of methoxy groups -OCH3 is 1. The SMILES string of the molecule is COc1cc(NCC2=CC[C@@H](c3cc(F)c(F)cc3F)[C@H](N)C2)cc(C(F)(F)F)c1. The maximum Gasteiger partial charge on any atom is 0.416 e. The number of benzene rings is 2. The molecule has 1 aliphatic rings. The number of hydrogen-bond acceptors (Lipinski definition) is 3. The van der Waals surface area contributed by atoms with Crippen molar-refractivity contribution in [2.24, 2.45) is 5.73 Å². The fourth-order valence-electron chi connectivity index (χ4n) is 3.52.